The van der Waals surface area contributed by atoms with Gasteiger partial charge in [-0.3, -0.25) is 4.98 Å². The quantitative estimate of drug-likeness (QED) is 0.608. The predicted octanol–water partition coefficient (Wildman–Crippen LogP) is 1.18. The lowest BCUT2D eigenvalue weighted by Crippen LogP contribution is -1.92. The highest BCUT2D eigenvalue weighted by molar-refractivity contribution is 5.72. The van der Waals surface area contributed by atoms with Crippen LogP contribution >= 0.6 is 0 Å². The molecule has 0 atom stereocenters. The Morgan fingerprint density at radius 3 is 3.09 bits per heavy atom. The average Bonchev–Trinajstić information content (AvgIpc) is 2.27. The summed E-state index contributed by atoms with van der Waals surface area (Å²) < 4.78 is 4.76. The van der Waals surface area contributed by atoms with E-state index in [4.69, 9.17) is 11.3 Å². The number of rotatable bonds is 0. The van der Waals surface area contributed by atoms with Crippen LogP contribution in [0.4, 0.5) is 0 Å². The minimum atomic E-state index is -0.453. The van der Waals surface area contributed by atoms with Crippen molar-refractivity contribution < 1.29 is 4.42 Å². The molecule has 3 heteroatoms. The molecule has 2 rings (SSSR count). The fourth-order valence-electron chi connectivity index (χ4n) is 0.962. The van der Waals surface area contributed by atoms with Crippen LogP contribution in [0.2, 0.25) is 0 Å². The highest BCUT2D eigenvalue weighted by Gasteiger charge is 1.98. The van der Waals surface area contributed by atoms with Crippen molar-refractivity contribution in [3.8, 4) is 0 Å². The molecule has 0 aliphatic heterocycles. The molecular weight excluding hydrogens is 142 g/mol. The lowest BCUT2D eigenvalue weighted by atomic mass is 10.2. The number of fused-ring (bicyclic) bond motifs is 1. The molecule has 0 fully saturated rings. The Bertz CT molecular complexity index is 439. The highest BCUT2D eigenvalue weighted by Crippen LogP contribution is 2.10. The molecule has 0 spiro atoms. The molecule has 0 unspecified atom stereocenters. The minimum Gasteiger partial charge on any atom is -0.408 e. The van der Waals surface area contributed by atoms with Crippen LogP contribution in [-0.4, -0.2) is 4.98 Å². The molecule has 2 aromatic rings. The molecule has 0 aliphatic rings. The summed E-state index contributed by atoms with van der Waals surface area (Å²) in [6.45, 7) is 5.46. The zero-order valence-corrected chi connectivity index (χ0v) is 5.63. The maximum atomic E-state index is 10.6. The van der Waals surface area contributed by atoms with Crippen LogP contribution in [0.5, 0.6) is 0 Å². The Morgan fingerprint density at radius 1 is 1.45 bits per heavy atom. The Kier molecular flexibility index (Phi) is 1.12. The molecule has 1 aromatic carbocycles. The Hall–Kier alpha value is -1.51. The van der Waals surface area contributed by atoms with Crippen molar-refractivity contribution in [3.05, 3.63) is 41.2 Å². The van der Waals surface area contributed by atoms with Gasteiger partial charge in [0.05, 0.1) is 5.52 Å². The van der Waals surface area contributed by atoms with Gasteiger partial charge < -0.3 is 4.42 Å². The van der Waals surface area contributed by atoms with Gasteiger partial charge in [0.1, 0.15) is 0 Å². The molecule has 0 amide bonds. The fourth-order valence-corrected chi connectivity index (χ4v) is 0.962. The van der Waals surface area contributed by atoms with Gasteiger partial charge in [-0.15, -0.1) is 0 Å². The number of nitrogens with one attached hydrogen (secondary N) is 1. The van der Waals surface area contributed by atoms with E-state index in [1.807, 2.05) is 0 Å². The van der Waals surface area contributed by atoms with Crippen LogP contribution in [0.25, 0.3) is 11.1 Å². The number of benzene rings is 1. The molecule has 1 aromatic heterocycles. The van der Waals surface area contributed by atoms with Crippen molar-refractivity contribution in [2.45, 2.75) is 0 Å². The second-order valence-electron chi connectivity index (χ2n) is 2.27. The third-order valence-electron chi connectivity index (χ3n) is 1.45. The summed E-state index contributed by atoms with van der Waals surface area (Å²) in [5.41, 5.74) is 1.75. The van der Waals surface area contributed by atoms with Crippen LogP contribution < -0.4 is 5.76 Å². The highest BCUT2D eigenvalue weighted by atomic mass is 16.4. The van der Waals surface area contributed by atoms with Gasteiger partial charge in [-0.2, -0.15) is 0 Å². The summed E-state index contributed by atoms with van der Waals surface area (Å²) in [7, 11) is 0. The van der Waals surface area contributed by atoms with Gasteiger partial charge >= 0.3 is 5.76 Å². The summed E-state index contributed by atoms with van der Waals surface area (Å²) in [4.78, 5) is 13.1. The van der Waals surface area contributed by atoms with Crippen molar-refractivity contribution in [1.29, 1.82) is 0 Å². The fraction of sp³-hybridized carbons (Fsp3) is 0. The zero-order valence-electron chi connectivity index (χ0n) is 5.63. The van der Waals surface area contributed by atoms with Crippen LogP contribution in [-0.2, 0) is 0 Å². The third kappa shape index (κ3) is 0.941. The smallest absolute Gasteiger partial charge is 0.408 e. The van der Waals surface area contributed by atoms with Gasteiger partial charge in [-0.05, 0) is 24.6 Å². The molecule has 11 heavy (non-hydrogen) atoms. The number of oxazole rings is 1. The van der Waals surface area contributed by atoms with E-state index in [2.05, 4.69) is 4.98 Å². The van der Waals surface area contributed by atoms with E-state index < -0.39 is 5.76 Å². The van der Waals surface area contributed by atoms with E-state index >= 15 is 0 Å². The van der Waals surface area contributed by atoms with Crippen LogP contribution in [0.15, 0.2) is 27.4 Å². The first-order valence-corrected chi connectivity index (χ1v) is 3.14. The van der Waals surface area contributed by atoms with Crippen LogP contribution in [0.1, 0.15) is 5.56 Å². The molecule has 3 nitrogen and oxygen atoms in total. The number of H-pyrrole nitrogens is 1. The Balaban J connectivity index is 2.92. The van der Waals surface area contributed by atoms with Gasteiger partial charge in [0, 0.05) is 0 Å². The van der Waals surface area contributed by atoms with Crippen molar-refractivity contribution in [2.75, 3.05) is 0 Å². The van der Waals surface area contributed by atoms with E-state index in [1.54, 1.807) is 18.2 Å². The van der Waals surface area contributed by atoms with Gasteiger partial charge in [-0.25, -0.2) is 4.79 Å². The first-order valence-electron chi connectivity index (χ1n) is 3.14. The van der Waals surface area contributed by atoms with Crippen molar-refractivity contribution in [1.82, 2.24) is 4.98 Å². The van der Waals surface area contributed by atoms with Gasteiger partial charge in [-0.1, -0.05) is 6.07 Å². The van der Waals surface area contributed by atoms with Gasteiger partial charge in [0.15, 0.2) is 5.58 Å². The molecule has 1 heterocycles. The third-order valence-corrected chi connectivity index (χ3v) is 1.45. The first-order chi connectivity index (χ1) is 5.25. The lowest BCUT2D eigenvalue weighted by molar-refractivity contribution is 0.555. The Labute approximate surface area is 62.7 Å². The molecule has 54 valence electrons. The number of aromatic nitrogens is 1. The SMILES string of the molecule is [CH]c1ccc2[nH]c(=O)oc2c1. The molecule has 0 saturated heterocycles. The van der Waals surface area contributed by atoms with Crippen molar-refractivity contribution in [3.63, 3.8) is 0 Å². The standard InChI is InChI=1S/C8H5NO2/c1-5-2-3-6-7(4-5)11-8(10)9-6/h1-4H,(H,9,10). The van der Waals surface area contributed by atoms with E-state index in [-0.39, 0.29) is 0 Å². The van der Waals surface area contributed by atoms with E-state index in [1.165, 1.54) is 0 Å². The molecule has 1 N–H and O–H groups in total. The predicted molar refractivity (Wildman–Crippen MR) is 40.2 cm³/mol. The molecule has 2 radical (unpaired) electrons. The van der Waals surface area contributed by atoms with E-state index in [0.29, 0.717) is 16.7 Å². The zero-order chi connectivity index (χ0) is 7.84. The molecular formula is C8H5NO2. The summed E-state index contributed by atoms with van der Waals surface area (Å²) in [6, 6.07) is 5.01. The molecule has 0 aliphatic carbocycles. The topological polar surface area (TPSA) is 46.0 Å². The number of hydrogen-bond acceptors (Lipinski definition) is 2. The molecule has 0 bridgehead atoms. The van der Waals surface area contributed by atoms with E-state index in [0.717, 1.165) is 0 Å². The summed E-state index contributed by atoms with van der Waals surface area (Å²) in [6.07, 6.45) is 0. The Morgan fingerprint density at radius 2 is 2.27 bits per heavy atom. The van der Waals surface area contributed by atoms with Crippen molar-refractivity contribution in [2.24, 2.45) is 0 Å². The largest absolute Gasteiger partial charge is 0.417 e. The maximum Gasteiger partial charge on any atom is 0.417 e. The van der Waals surface area contributed by atoms with E-state index in [9.17, 15) is 4.79 Å². The van der Waals surface area contributed by atoms with Crippen LogP contribution in [0, 0.1) is 6.92 Å². The first kappa shape index (κ1) is 6.22. The monoisotopic (exact) mass is 147 g/mol. The number of hydrogen-bond donors (Lipinski definition) is 1. The van der Waals surface area contributed by atoms with Gasteiger partial charge in [0.25, 0.3) is 0 Å². The molecule has 0 saturated carbocycles. The second kappa shape index (κ2) is 1.99. The normalized spacial score (nSPS) is 10.6. The van der Waals surface area contributed by atoms with Gasteiger partial charge in [0.2, 0.25) is 0 Å². The average molecular weight is 147 g/mol. The van der Waals surface area contributed by atoms with Crippen molar-refractivity contribution >= 4 is 11.1 Å². The summed E-state index contributed by atoms with van der Waals surface area (Å²) in [5.74, 6) is -0.453. The lowest BCUT2D eigenvalue weighted by Gasteiger charge is -1.87. The summed E-state index contributed by atoms with van der Waals surface area (Å²) >= 11 is 0. The van der Waals surface area contributed by atoms with Crippen LogP contribution in [0.3, 0.4) is 0 Å². The number of aromatic amines is 1. The minimum absolute atomic E-state index is 0.453. The summed E-state index contributed by atoms with van der Waals surface area (Å²) in [5, 5.41) is 0. The second-order valence-corrected chi connectivity index (χ2v) is 2.27. The maximum absolute atomic E-state index is 10.6.